The largest absolute Gasteiger partial charge is 0.552 e. The molecule has 1 fully saturated rings. The number of amides is 1. The van der Waals surface area contributed by atoms with Crippen molar-refractivity contribution >= 4 is 42.1 Å². The van der Waals surface area contributed by atoms with Gasteiger partial charge in [-0.05, 0) is 13.3 Å². The van der Waals surface area contributed by atoms with Crippen LogP contribution in [0.3, 0.4) is 0 Å². The fourth-order valence-electron chi connectivity index (χ4n) is 2.21. The van der Waals surface area contributed by atoms with Crippen molar-refractivity contribution in [3.05, 3.63) is 17.2 Å². The molecule has 116 valence electrons. The van der Waals surface area contributed by atoms with Crippen molar-refractivity contribution in [3.8, 4) is 0 Å². The number of nitrogens with zero attached hydrogens (tertiary/aromatic N) is 2. The second kappa shape index (κ2) is 6.80. The maximum absolute atomic E-state index is 12.1. The molecule has 2 aliphatic heterocycles. The fourth-order valence-corrected chi connectivity index (χ4v) is 3.83. The molecule has 1 N–H and O–H groups in total. The third-order valence-corrected chi connectivity index (χ3v) is 5.15. The van der Waals surface area contributed by atoms with Crippen LogP contribution in [0.15, 0.2) is 16.5 Å². The molecule has 2 atom stereocenters. The second-order valence-corrected chi connectivity index (χ2v) is 7.35. The quantitative estimate of drug-likeness (QED) is 0.492. The molecule has 2 bridgehead atoms. The summed E-state index contributed by atoms with van der Waals surface area (Å²) in [5.41, 5.74) is 0. The summed E-state index contributed by atoms with van der Waals surface area (Å²) in [6.07, 6.45) is 4.30. The molecule has 1 saturated heterocycles. The maximum Gasteiger partial charge on any atom is 0.552 e. The Hall–Kier alpha value is -1.39. The van der Waals surface area contributed by atoms with Crippen LogP contribution in [0, 0.1) is 6.92 Å². The Morgan fingerprint density at radius 3 is 3.23 bits per heavy atom. The number of aryl methyl sites for hydroxylation is 1. The average molecular weight is 339 g/mol. The highest BCUT2D eigenvalue weighted by molar-refractivity contribution is 8.01. The van der Waals surface area contributed by atoms with E-state index in [9.17, 15) is 9.59 Å². The van der Waals surface area contributed by atoms with Crippen LogP contribution in [0.4, 0.5) is 0 Å². The zero-order valence-corrected chi connectivity index (χ0v) is 13.5. The summed E-state index contributed by atoms with van der Waals surface area (Å²) in [6.45, 7) is 1.87. The summed E-state index contributed by atoms with van der Waals surface area (Å²) in [4.78, 5) is 23.6. The number of fused-ring (bicyclic) bond motifs is 2. The van der Waals surface area contributed by atoms with Gasteiger partial charge in [0.05, 0.1) is 24.2 Å². The molecule has 0 radical (unpaired) electrons. The van der Waals surface area contributed by atoms with Gasteiger partial charge in [0.2, 0.25) is 5.91 Å². The van der Waals surface area contributed by atoms with E-state index < -0.39 is 7.12 Å². The number of hydrogen-bond acceptors (Lipinski definition) is 8. The molecule has 7 nitrogen and oxygen atoms in total. The highest BCUT2D eigenvalue weighted by Gasteiger charge is 2.41. The molecule has 0 aliphatic carbocycles. The molecule has 3 heterocycles. The van der Waals surface area contributed by atoms with E-state index in [0.717, 1.165) is 9.35 Å². The zero-order chi connectivity index (χ0) is 15.5. The molecule has 0 saturated carbocycles. The summed E-state index contributed by atoms with van der Waals surface area (Å²) in [5.74, 6) is -0.584. The molecule has 0 aromatic carbocycles. The van der Waals surface area contributed by atoms with Crippen molar-refractivity contribution in [1.82, 2.24) is 15.5 Å². The van der Waals surface area contributed by atoms with Crippen LogP contribution in [-0.4, -0.2) is 47.0 Å². The molecule has 2 aliphatic rings. The predicted molar refractivity (Wildman–Crippen MR) is 82.4 cm³/mol. The average Bonchev–Trinajstić information content (AvgIpc) is 2.83. The van der Waals surface area contributed by atoms with Crippen LogP contribution in [0.25, 0.3) is 0 Å². The van der Waals surface area contributed by atoms with Crippen LogP contribution < -0.4 is 5.32 Å². The summed E-state index contributed by atoms with van der Waals surface area (Å²) < 4.78 is 11.6. The van der Waals surface area contributed by atoms with Crippen molar-refractivity contribution in [2.45, 2.75) is 36.2 Å². The number of hydrogen-bond donors (Lipinski definition) is 1. The summed E-state index contributed by atoms with van der Waals surface area (Å²) >= 11 is 2.78. The van der Waals surface area contributed by atoms with Gasteiger partial charge in [-0.1, -0.05) is 35.3 Å². The van der Waals surface area contributed by atoms with Gasteiger partial charge < -0.3 is 14.6 Å². The van der Waals surface area contributed by atoms with E-state index in [1.165, 1.54) is 23.1 Å². The second-order valence-electron chi connectivity index (χ2n) is 4.95. The Bertz CT molecular complexity index is 609. The first-order valence-corrected chi connectivity index (χ1v) is 8.64. The lowest BCUT2D eigenvalue weighted by molar-refractivity contribution is -0.141. The number of carbonyl (C=O) groups is 2. The topological polar surface area (TPSA) is 90.4 Å². The van der Waals surface area contributed by atoms with Crippen molar-refractivity contribution in [1.29, 1.82) is 0 Å². The van der Waals surface area contributed by atoms with Crippen molar-refractivity contribution in [2.75, 3.05) is 5.75 Å². The minimum atomic E-state index is -0.723. The highest BCUT2D eigenvalue weighted by Crippen LogP contribution is 2.22. The SMILES string of the molecule is Cc1nnc(SCC(=O)N[C@H]2CC=C[C@@H]3CC(=O)OB2O3)s1. The van der Waals surface area contributed by atoms with Crippen LogP contribution in [0.5, 0.6) is 0 Å². The van der Waals surface area contributed by atoms with Gasteiger partial charge in [-0.25, -0.2) is 0 Å². The first-order chi connectivity index (χ1) is 10.6. The summed E-state index contributed by atoms with van der Waals surface area (Å²) in [5, 5.41) is 11.6. The van der Waals surface area contributed by atoms with Crippen LogP contribution in [0.1, 0.15) is 17.8 Å². The maximum atomic E-state index is 12.1. The standard InChI is InChI=1S/C12H14BN3O4S2/c1-7-15-16-12(22-7)21-6-10(17)14-9-4-2-3-8-5-11(18)20-13(9)19-8/h2-3,8-9H,4-6H2,1H3,(H,14,17)/t8-,9+/m1/s1. The van der Waals surface area contributed by atoms with Crippen LogP contribution >= 0.6 is 23.1 Å². The summed E-state index contributed by atoms with van der Waals surface area (Å²) in [6, 6.07) is 0. The van der Waals surface area contributed by atoms with E-state index in [1.54, 1.807) is 0 Å². The van der Waals surface area contributed by atoms with E-state index in [-0.39, 0.29) is 36.1 Å². The predicted octanol–water partition coefficient (Wildman–Crippen LogP) is 0.743. The normalized spacial score (nSPS) is 23.9. The molecule has 1 amide bonds. The minimum absolute atomic E-state index is 0.153. The van der Waals surface area contributed by atoms with Crippen LogP contribution in [0.2, 0.25) is 0 Å². The third kappa shape index (κ3) is 3.87. The van der Waals surface area contributed by atoms with E-state index in [2.05, 4.69) is 15.5 Å². The fraction of sp³-hybridized carbons (Fsp3) is 0.500. The van der Waals surface area contributed by atoms with Crippen molar-refractivity contribution in [3.63, 3.8) is 0 Å². The van der Waals surface area contributed by atoms with E-state index >= 15 is 0 Å². The lowest BCUT2D eigenvalue weighted by Crippen LogP contribution is -2.53. The zero-order valence-electron chi connectivity index (χ0n) is 11.9. The highest BCUT2D eigenvalue weighted by atomic mass is 32.2. The number of carbonyl (C=O) groups excluding carboxylic acids is 2. The molecular formula is C12H14BN3O4S2. The lowest BCUT2D eigenvalue weighted by Gasteiger charge is -2.28. The number of rotatable bonds is 4. The number of thioether (sulfide) groups is 1. The Balaban J connectivity index is 1.54. The van der Waals surface area contributed by atoms with Gasteiger partial charge in [0.15, 0.2) is 4.34 Å². The molecule has 3 rings (SSSR count). The van der Waals surface area contributed by atoms with Crippen molar-refractivity contribution in [2.24, 2.45) is 0 Å². The molecule has 10 heteroatoms. The summed E-state index contributed by atoms with van der Waals surface area (Å²) in [7, 11) is -0.723. The number of nitrogens with one attached hydrogen (secondary N) is 1. The van der Waals surface area contributed by atoms with Gasteiger partial charge >= 0.3 is 7.12 Å². The third-order valence-electron chi connectivity index (χ3n) is 3.17. The van der Waals surface area contributed by atoms with Crippen LogP contribution in [-0.2, 0) is 18.9 Å². The smallest absolute Gasteiger partial charge is 0.508 e. The Morgan fingerprint density at radius 1 is 1.59 bits per heavy atom. The molecular weight excluding hydrogens is 325 g/mol. The molecule has 1 aromatic heterocycles. The first-order valence-electron chi connectivity index (χ1n) is 6.84. The van der Waals surface area contributed by atoms with Gasteiger partial charge in [-0.3, -0.25) is 9.59 Å². The lowest BCUT2D eigenvalue weighted by atomic mass is 9.75. The van der Waals surface area contributed by atoms with E-state index in [4.69, 9.17) is 9.31 Å². The number of aromatic nitrogens is 2. The van der Waals surface area contributed by atoms with Gasteiger partial charge in [0.1, 0.15) is 5.01 Å². The molecule has 0 unspecified atom stereocenters. The van der Waals surface area contributed by atoms with E-state index in [0.29, 0.717) is 6.42 Å². The van der Waals surface area contributed by atoms with Gasteiger partial charge in [-0.15, -0.1) is 10.2 Å². The van der Waals surface area contributed by atoms with E-state index in [1.807, 2.05) is 19.1 Å². The molecule has 22 heavy (non-hydrogen) atoms. The Kier molecular flexibility index (Phi) is 4.79. The minimum Gasteiger partial charge on any atom is -0.508 e. The molecule has 0 spiro atoms. The molecule has 1 aromatic rings. The monoisotopic (exact) mass is 339 g/mol. The van der Waals surface area contributed by atoms with Gasteiger partial charge in [-0.2, -0.15) is 0 Å². The Morgan fingerprint density at radius 2 is 2.45 bits per heavy atom. The Labute approximate surface area is 136 Å². The first kappa shape index (κ1) is 15.5. The van der Waals surface area contributed by atoms with Crippen molar-refractivity contribution < 1.29 is 18.9 Å². The van der Waals surface area contributed by atoms with Gasteiger partial charge in [0, 0.05) is 0 Å². The van der Waals surface area contributed by atoms with Gasteiger partial charge in [0.25, 0.3) is 5.97 Å².